The first-order valence-electron chi connectivity index (χ1n) is 5.26. The number of hydrogen-bond acceptors (Lipinski definition) is 5. The van der Waals surface area contributed by atoms with Crippen LogP contribution >= 0.6 is 0 Å². The lowest BCUT2D eigenvalue weighted by Crippen LogP contribution is -2.16. The lowest BCUT2D eigenvalue weighted by molar-refractivity contribution is 0.102. The lowest BCUT2D eigenvalue weighted by Gasteiger charge is -2.07. The highest BCUT2D eigenvalue weighted by atomic mass is 32.2. The second kappa shape index (κ2) is 5.31. The molecule has 2 rings (SSSR count). The molecule has 0 radical (unpaired) electrons. The van der Waals surface area contributed by atoms with E-state index in [0.717, 1.165) is 18.2 Å². The molecule has 0 aliphatic rings. The number of benzene rings is 1. The topological polar surface area (TPSA) is 115 Å². The van der Waals surface area contributed by atoms with Gasteiger partial charge in [-0.1, -0.05) is 0 Å². The first kappa shape index (κ1) is 14.0. The molecule has 0 unspecified atom stereocenters. The van der Waals surface area contributed by atoms with Gasteiger partial charge < -0.3 is 5.32 Å². The Labute approximate surface area is 113 Å². The van der Waals surface area contributed by atoms with Crippen LogP contribution in [0.25, 0.3) is 0 Å². The molecule has 0 fully saturated rings. The second-order valence-corrected chi connectivity index (χ2v) is 5.33. The van der Waals surface area contributed by atoms with Gasteiger partial charge >= 0.3 is 0 Å². The van der Waals surface area contributed by atoms with Crippen molar-refractivity contribution in [2.45, 2.75) is 4.90 Å². The van der Waals surface area contributed by atoms with Gasteiger partial charge in [-0.2, -0.15) is 0 Å². The van der Waals surface area contributed by atoms with E-state index >= 15 is 0 Å². The third-order valence-electron chi connectivity index (χ3n) is 2.34. The van der Waals surface area contributed by atoms with E-state index in [-0.39, 0.29) is 16.1 Å². The number of halogens is 1. The Hall–Kier alpha value is -2.39. The van der Waals surface area contributed by atoms with Gasteiger partial charge in [-0.25, -0.2) is 27.9 Å². The van der Waals surface area contributed by atoms with Crippen LogP contribution in [-0.4, -0.2) is 24.3 Å². The van der Waals surface area contributed by atoms with Crippen LogP contribution in [0.3, 0.4) is 0 Å². The largest absolute Gasteiger partial charge is 0.319 e. The summed E-state index contributed by atoms with van der Waals surface area (Å²) in [6.45, 7) is 0. The molecular formula is C11H9FN4O3S. The fourth-order valence-corrected chi connectivity index (χ4v) is 1.93. The molecule has 104 valence electrons. The van der Waals surface area contributed by atoms with Crippen LogP contribution in [0, 0.1) is 5.82 Å². The molecule has 1 aromatic carbocycles. The minimum atomic E-state index is -3.99. The summed E-state index contributed by atoms with van der Waals surface area (Å²) in [7, 11) is -3.99. The highest BCUT2D eigenvalue weighted by Crippen LogP contribution is 2.19. The molecule has 0 atom stereocenters. The minimum absolute atomic E-state index is 0.105. The number of sulfonamides is 1. The second-order valence-electron chi connectivity index (χ2n) is 3.77. The van der Waals surface area contributed by atoms with Gasteiger partial charge in [0.2, 0.25) is 10.0 Å². The van der Waals surface area contributed by atoms with Crippen LogP contribution in [0.4, 0.5) is 10.1 Å². The van der Waals surface area contributed by atoms with Crippen molar-refractivity contribution >= 4 is 21.6 Å². The Morgan fingerprint density at radius 1 is 1.25 bits per heavy atom. The van der Waals surface area contributed by atoms with Gasteiger partial charge in [0, 0.05) is 12.4 Å². The maximum Gasteiger partial charge on any atom is 0.258 e. The van der Waals surface area contributed by atoms with Gasteiger partial charge in [-0.3, -0.25) is 4.79 Å². The van der Waals surface area contributed by atoms with Gasteiger partial charge in [0.1, 0.15) is 12.1 Å². The number of hydrogen-bond donors (Lipinski definition) is 2. The molecule has 9 heteroatoms. The molecule has 7 nitrogen and oxygen atoms in total. The molecule has 0 bridgehead atoms. The molecule has 1 amide bonds. The predicted octanol–water partition coefficient (Wildman–Crippen LogP) is 0.515. The Morgan fingerprint density at radius 3 is 2.50 bits per heavy atom. The molecular weight excluding hydrogens is 287 g/mol. The molecule has 1 heterocycles. The Morgan fingerprint density at radius 2 is 1.90 bits per heavy atom. The summed E-state index contributed by atoms with van der Waals surface area (Å²) in [6.07, 6.45) is 3.71. The van der Waals surface area contributed by atoms with Gasteiger partial charge in [-0.15, -0.1) is 0 Å². The lowest BCUT2D eigenvalue weighted by atomic mass is 10.2. The summed E-state index contributed by atoms with van der Waals surface area (Å²) in [5, 5.41) is 7.16. The summed E-state index contributed by atoms with van der Waals surface area (Å²) in [5.41, 5.74) is -0.196. The van der Waals surface area contributed by atoms with Crippen molar-refractivity contribution in [1.82, 2.24) is 9.97 Å². The van der Waals surface area contributed by atoms with Crippen LogP contribution in [0.5, 0.6) is 0 Å². The Kier molecular flexibility index (Phi) is 3.72. The number of anilines is 1. The molecule has 20 heavy (non-hydrogen) atoms. The zero-order valence-corrected chi connectivity index (χ0v) is 10.8. The number of rotatable bonds is 3. The average Bonchev–Trinajstić information content (AvgIpc) is 2.41. The number of aromatic nitrogens is 2. The standard InChI is InChI=1S/C11H9FN4O3S/c12-9-2-1-8(20(13,18)19)3-10(9)16-11(17)7-4-14-6-15-5-7/h1-6H,(H,16,17)(H2,13,18,19). The number of nitrogens with two attached hydrogens (primary N) is 1. The Balaban J connectivity index is 2.32. The normalized spacial score (nSPS) is 11.1. The zero-order chi connectivity index (χ0) is 14.8. The third kappa shape index (κ3) is 3.13. The maximum atomic E-state index is 13.6. The van der Waals surface area contributed by atoms with E-state index in [2.05, 4.69) is 15.3 Å². The smallest absolute Gasteiger partial charge is 0.258 e. The molecule has 0 spiro atoms. The van der Waals surface area contributed by atoms with Crippen LogP contribution < -0.4 is 10.5 Å². The quantitative estimate of drug-likeness (QED) is 0.856. The van der Waals surface area contributed by atoms with Crippen molar-refractivity contribution in [3.05, 3.63) is 48.3 Å². The van der Waals surface area contributed by atoms with Crippen LogP contribution in [0.2, 0.25) is 0 Å². The summed E-state index contributed by atoms with van der Waals surface area (Å²) in [6, 6.07) is 2.84. The predicted molar refractivity (Wildman–Crippen MR) is 67.8 cm³/mol. The first-order valence-corrected chi connectivity index (χ1v) is 6.81. The van der Waals surface area contributed by atoms with Crippen molar-refractivity contribution in [2.75, 3.05) is 5.32 Å². The monoisotopic (exact) mass is 296 g/mol. The van der Waals surface area contributed by atoms with E-state index in [1.165, 1.54) is 18.7 Å². The van der Waals surface area contributed by atoms with Gasteiger partial charge in [0.15, 0.2) is 0 Å². The van der Waals surface area contributed by atoms with E-state index < -0.39 is 21.7 Å². The summed E-state index contributed by atoms with van der Waals surface area (Å²) >= 11 is 0. The van der Waals surface area contributed by atoms with Crippen LogP contribution in [0.15, 0.2) is 41.8 Å². The van der Waals surface area contributed by atoms with Crippen molar-refractivity contribution < 1.29 is 17.6 Å². The highest BCUT2D eigenvalue weighted by molar-refractivity contribution is 7.89. The van der Waals surface area contributed by atoms with Crippen molar-refractivity contribution in [3.63, 3.8) is 0 Å². The fraction of sp³-hybridized carbons (Fsp3) is 0. The highest BCUT2D eigenvalue weighted by Gasteiger charge is 2.14. The number of nitrogens with one attached hydrogen (secondary N) is 1. The number of carbonyl (C=O) groups is 1. The number of amides is 1. The number of nitrogens with zero attached hydrogens (tertiary/aromatic N) is 2. The third-order valence-corrected chi connectivity index (χ3v) is 3.25. The van der Waals surface area contributed by atoms with Crippen LogP contribution in [0.1, 0.15) is 10.4 Å². The summed E-state index contributed by atoms with van der Waals surface area (Å²) in [5.74, 6) is -1.46. The SMILES string of the molecule is NS(=O)(=O)c1ccc(F)c(NC(=O)c2cncnc2)c1. The van der Waals surface area contributed by atoms with E-state index in [1.54, 1.807) is 0 Å². The van der Waals surface area contributed by atoms with Crippen molar-refractivity contribution in [3.8, 4) is 0 Å². The van der Waals surface area contributed by atoms with Crippen molar-refractivity contribution in [2.24, 2.45) is 5.14 Å². The van der Waals surface area contributed by atoms with Gasteiger partial charge in [-0.05, 0) is 18.2 Å². The maximum absolute atomic E-state index is 13.6. The van der Waals surface area contributed by atoms with Crippen molar-refractivity contribution in [1.29, 1.82) is 0 Å². The minimum Gasteiger partial charge on any atom is -0.319 e. The van der Waals surface area contributed by atoms with E-state index in [9.17, 15) is 17.6 Å². The van der Waals surface area contributed by atoms with Crippen LogP contribution in [-0.2, 0) is 10.0 Å². The molecule has 2 aromatic rings. The molecule has 0 aliphatic heterocycles. The van der Waals surface area contributed by atoms with E-state index in [4.69, 9.17) is 5.14 Å². The van der Waals surface area contributed by atoms with E-state index in [0.29, 0.717) is 0 Å². The molecule has 0 aliphatic carbocycles. The van der Waals surface area contributed by atoms with E-state index in [1.807, 2.05) is 0 Å². The summed E-state index contributed by atoms with van der Waals surface area (Å²) in [4.78, 5) is 18.8. The molecule has 0 saturated carbocycles. The molecule has 1 aromatic heterocycles. The zero-order valence-electron chi connectivity index (χ0n) is 9.95. The van der Waals surface area contributed by atoms with Gasteiger partial charge in [0.25, 0.3) is 5.91 Å². The molecule has 0 saturated heterocycles. The number of primary sulfonamides is 1. The summed E-state index contributed by atoms with van der Waals surface area (Å²) < 4.78 is 35.9. The Bertz CT molecular complexity index is 750. The average molecular weight is 296 g/mol. The fourth-order valence-electron chi connectivity index (χ4n) is 1.39. The molecule has 3 N–H and O–H groups in total. The number of carbonyl (C=O) groups excluding carboxylic acids is 1. The van der Waals surface area contributed by atoms with Gasteiger partial charge in [0.05, 0.1) is 16.1 Å². The first-order chi connectivity index (χ1) is 9.38.